The molecule has 0 bridgehead atoms. The molecular formula is C13H12ClN5O. The second kappa shape index (κ2) is 4.64. The minimum absolute atomic E-state index is 0.156. The van der Waals surface area contributed by atoms with Gasteiger partial charge in [-0.15, -0.1) is 0 Å². The van der Waals surface area contributed by atoms with Gasteiger partial charge in [-0.25, -0.2) is 4.98 Å². The number of rotatable bonds is 2. The van der Waals surface area contributed by atoms with Gasteiger partial charge in [0.2, 0.25) is 5.95 Å². The first-order chi connectivity index (χ1) is 9.56. The Hall–Kier alpha value is -2.34. The number of H-pyrrole nitrogens is 1. The molecule has 6 nitrogen and oxygen atoms in total. The van der Waals surface area contributed by atoms with Crippen LogP contribution in [0.2, 0.25) is 5.02 Å². The lowest BCUT2D eigenvalue weighted by atomic mass is 10.1. The third-order valence-corrected chi connectivity index (χ3v) is 3.51. The quantitative estimate of drug-likeness (QED) is 0.749. The number of nitrogens with zero attached hydrogens (tertiary/aromatic N) is 3. The lowest BCUT2D eigenvalue weighted by Crippen LogP contribution is -2.22. The number of fused-ring (bicyclic) bond motifs is 1. The van der Waals surface area contributed by atoms with E-state index in [4.69, 9.17) is 17.3 Å². The van der Waals surface area contributed by atoms with Crippen LogP contribution in [0.3, 0.4) is 0 Å². The number of aromatic amines is 1. The molecule has 0 aliphatic carbocycles. The zero-order valence-corrected chi connectivity index (χ0v) is 11.5. The number of hydrogen-bond acceptors (Lipinski definition) is 4. The Balaban J connectivity index is 2.17. The largest absolute Gasteiger partial charge is 0.368 e. The van der Waals surface area contributed by atoms with E-state index in [9.17, 15) is 4.79 Å². The molecular weight excluding hydrogens is 278 g/mol. The van der Waals surface area contributed by atoms with E-state index in [0.717, 1.165) is 5.56 Å². The second-order valence-corrected chi connectivity index (χ2v) is 4.90. The Labute approximate surface area is 119 Å². The fourth-order valence-corrected chi connectivity index (χ4v) is 2.31. The average molecular weight is 290 g/mol. The second-order valence-electron chi connectivity index (χ2n) is 4.49. The molecule has 1 aromatic carbocycles. The lowest BCUT2D eigenvalue weighted by Gasteiger charge is -2.06. The number of aryl methyl sites for hydroxylation is 1. The predicted octanol–water partition coefficient (Wildman–Crippen LogP) is 1.55. The number of nitrogens with one attached hydrogen (secondary N) is 1. The zero-order valence-electron chi connectivity index (χ0n) is 10.7. The SMILES string of the molecule is Cc1nc2nc(N)[nH]n2c(=O)c1Cc1ccccc1Cl. The number of anilines is 1. The Morgan fingerprint density at radius 3 is 2.85 bits per heavy atom. The van der Waals surface area contributed by atoms with Crippen molar-refractivity contribution in [3.05, 3.63) is 56.5 Å². The van der Waals surface area contributed by atoms with Crippen molar-refractivity contribution in [2.24, 2.45) is 0 Å². The molecule has 0 atom stereocenters. The van der Waals surface area contributed by atoms with Crippen molar-refractivity contribution in [1.29, 1.82) is 0 Å². The molecule has 0 aliphatic heterocycles. The van der Waals surface area contributed by atoms with Gasteiger partial charge in [0.15, 0.2) is 0 Å². The Morgan fingerprint density at radius 2 is 2.10 bits per heavy atom. The first-order valence-electron chi connectivity index (χ1n) is 6.03. The molecule has 0 saturated carbocycles. The summed E-state index contributed by atoms with van der Waals surface area (Å²) in [7, 11) is 0. The van der Waals surface area contributed by atoms with Gasteiger partial charge >= 0.3 is 0 Å². The maximum absolute atomic E-state index is 12.4. The first-order valence-corrected chi connectivity index (χ1v) is 6.41. The summed E-state index contributed by atoms with van der Waals surface area (Å²) >= 11 is 6.13. The monoisotopic (exact) mass is 289 g/mol. The summed E-state index contributed by atoms with van der Waals surface area (Å²) in [6.07, 6.45) is 0.416. The van der Waals surface area contributed by atoms with Crippen LogP contribution >= 0.6 is 11.6 Å². The molecule has 3 N–H and O–H groups in total. The molecule has 0 fully saturated rings. The van der Waals surface area contributed by atoms with Crippen LogP contribution in [0.4, 0.5) is 5.95 Å². The van der Waals surface area contributed by atoms with Crippen LogP contribution in [-0.2, 0) is 6.42 Å². The Morgan fingerprint density at radius 1 is 1.35 bits per heavy atom. The zero-order chi connectivity index (χ0) is 14.3. The number of aromatic nitrogens is 4. The minimum atomic E-state index is -0.211. The summed E-state index contributed by atoms with van der Waals surface area (Å²) in [6.45, 7) is 1.78. The Bertz CT molecular complexity index is 852. The molecule has 102 valence electrons. The van der Waals surface area contributed by atoms with Crippen LogP contribution in [0.25, 0.3) is 5.78 Å². The average Bonchev–Trinajstić information content (AvgIpc) is 2.77. The minimum Gasteiger partial charge on any atom is -0.368 e. The van der Waals surface area contributed by atoms with Gasteiger partial charge < -0.3 is 5.73 Å². The number of nitrogens with two attached hydrogens (primary N) is 1. The lowest BCUT2D eigenvalue weighted by molar-refractivity contribution is 0.861. The van der Waals surface area contributed by atoms with Gasteiger partial charge in [-0.3, -0.25) is 9.89 Å². The molecule has 2 aromatic heterocycles. The maximum Gasteiger partial charge on any atom is 0.277 e. The van der Waals surface area contributed by atoms with E-state index < -0.39 is 0 Å². The van der Waals surface area contributed by atoms with Crippen molar-refractivity contribution in [3.63, 3.8) is 0 Å². The molecule has 0 radical (unpaired) electrons. The summed E-state index contributed by atoms with van der Waals surface area (Å²) in [5, 5.41) is 3.30. The van der Waals surface area contributed by atoms with Gasteiger partial charge in [-0.05, 0) is 18.6 Å². The highest BCUT2D eigenvalue weighted by Crippen LogP contribution is 2.18. The van der Waals surface area contributed by atoms with Crippen molar-refractivity contribution >= 4 is 23.3 Å². The fraction of sp³-hybridized carbons (Fsp3) is 0.154. The molecule has 0 amide bonds. The number of halogens is 1. The smallest absolute Gasteiger partial charge is 0.277 e. The van der Waals surface area contributed by atoms with Crippen molar-refractivity contribution in [1.82, 2.24) is 19.6 Å². The van der Waals surface area contributed by atoms with Crippen LogP contribution in [0, 0.1) is 6.92 Å². The van der Waals surface area contributed by atoms with Crippen molar-refractivity contribution < 1.29 is 0 Å². The summed E-state index contributed by atoms with van der Waals surface area (Å²) < 4.78 is 1.24. The van der Waals surface area contributed by atoms with Gasteiger partial charge in [0.05, 0.1) is 5.69 Å². The molecule has 0 unspecified atom stereocenters. The highest BCUT2D eigenvalue weighted by molar-refractivity contribution is 6.31. The normalized spacial score (nSPS) is 11.1. The van der Waals surface area contributed by atoms with Crippen molar-refractivity contribution in [2.75, 3.05) is 5.73 Å². The topological polar surface area (TPSA) is 89.1 Å². The number of hydrogen-bond donors (Lipinski definition) is 2. The predicted molar refractivity (Wildman–Crippen MR) is 77.0 cm³/mol. The summed E-state index contributed by atoms with van der Waals surface area (Å²) in [4.78, 5) is 20.7. The highest BCUT2D eigenvalue weighted by Gasteiger charge is 2.14. The fourth-order valence-electron chi connectivity index (χ4n) is 2.11. The van der Waals surface area contributed by atoms with Crippen LogP contribution in [0.5, 0.6) is 0 Å². The number of nitrogen functional groups attached to an aromatic ring is 1. The van der Waals surface area contributed by atoms with E-state index in [1.807, 2.05) is 18.2 Å². The third-order valence-electron chi connectivity index (χ3n) is 3.14. The summed E-state index contributed by atoms with van der Waals surface area (Å²) in [6, 6.07) is 7.41. The van der Waals surface area contributed by atoms with Crippen LogP contribution in [0.15, 0.2) is 29.1 Å². The van der Waals surface area contributed by atoms with Crippen molar-refractivity contribution in [2.45, 2.75) is 13.3 Å². The van der Waals surface area contributed by atoms with Gasteiger partial charge in [0.1, 0.15) is 0 Å². The highest BCUT2D eigenvalue weighted by atomic mass is 35.5. The molecule has 0 saturated heterocycles. The number of benzene rings is 1. The summed E-state index contributed by atoms with van der Waals surface area (Å²) in [5.74, 6) is 0.428. The van der Waals surface area contributed by atoms with E-state index in [-0.39, 0.29) is 17.3 Å². The molecule has 3 aromatic rings. The molecule has 0 aliphatic rings. The molecule has 2 heterocycles. The van der Waals surface area contributed by atoms with Gasteiger partial charge in [-0.1, -0.05) is 29.8 Å². The van der Waals surface area contributed by atoms with Gasteiger partial charge in [-0.2, -0.15) is 9.50 Å². The summed E-state index contributed by atoms with van der Waals surface area (Å²) in [5.41, 5.74) is 7.41. The standard InChI is InChI=1S/C13H12ClN5O/c1-7-9(6-8-4-2-3-5-10(8)14)11(20)19-13(16-7)17-12(15)18-19/h2-5H,6H2,1H3,(H3,15,16,17,18). The Kier molecular flexibility index (Phi) is 2.94. The van der Waals surface area contributed by atoms with E-state index in [0.29, 0.717) is 22.7 Å². The maximum atomic E-state index is 12.4. The van der Waals surface area contributed by atoms with Gasteiger partial charge in [0.25, 0.3) is 11.3 Å². The van der Waals surface area contributed by atoms with Crippen molar-refractivity contribution in [3.8, 4) is 0 Å². The van der Waals surface area contributed by atoms with Crippen LogP contribution < -0.4 is 11.3 Å². The molecule has 3 rings (SSSR count). The van der Waals surface area contributed by atoms with E-state index >= 15 is 0 Å². The third kappa shape index (κ3) is 2.04. The molecule has 20 heavy (non-hydrogen) atoms. The molecule has 0 spiro atoms. The first kappa shape index (κ1) is 12.7. The van der Waals surface area contributed by atoms with E-state index in [1.54, 1.807) is 13.0 Å². The van der Waals surface area contributed by atoms with Gasteiger partial charge in [0, 0.05) is 17.0 Å². The van der Waals surface area contributed by atoms with Crippen LogP contribution in [-0.4, -0.2) is 19.6 Å². The van der Waals surface area contributed by atoms with E-state index in [2.05, 4.69) is 15.1 Å². The van der Waals surface area contributed by atoms with E-state index in [1.165, 1.54) is 4.52 Å². The van der Waals surface area contributed by atoms with Crippen LogP contribution in [0.1, 0.15) is 16.8 Å². The molecule has 7 heteroatoms.